The molecule has 2 N–H and O–H groups in total. The maximum absolute atomic E-state index is 13.6. The van der Waals surface area contributed by atoms with Gasteiger partial charge in [0.25, 0.3) is 0 Å². The van der Waals surface area contributed by atoms with Crippen molar-refractivity contribution in [3.8, 4) is 0 Å². The number of nitrogen functional groups attached to an aromatic ring is 1. The molecule has 1 aromatic carbocycles. The highest BCUT2D eigenvalue weighted by atomic mass is 32.1. The summed E-state index contributed by atoms with van der Waals surface area (Å²) in [6.07, 6.45) is 0. The number of thiophene rings is 1. The van der Waals surface area contributed by atoms with Crippen molar-refractivity contribution >= 4 is 34.2 Å². The van der Waals surface area contributed by atoms with E-state index in [9.17, 15) is 18.8 Å². The second kappa shape index (κ2) is 7.75. The number of ether oxygens (including phenoxy) is 3. The van der Waals surface area contributed by atoms with Gasteiger partial charge < -0.3 is 19.9 Å². The molecule has 0 spiro atoms. The normalized spacial score (nSPS) is 10.2. The molecule has 0 amide bonds. The van der Waals surface area contributed by atoms with Crippen LogP contribution in [0.1, 0.15) is 36.0 Å². The second-order valence-electron chi connectivity index (χ2n) is 4.69. The van der Waals surface area contributed by atoms with Gasteiger partial charge in [0.1, 0.15) is 27.9 Å². The summed E-state index contributed by atoms with van der Waals surface area (Å²) >= 11 is 0.805. The van der Waals surface area contributed by atoms with Crippen LogP contribution in [0.4, 0.5) is 9.39 Å². The number of rotatable bonds is 5. The molecule has 0 aliphatic carbocycles. The average Bonchev–Trinajstić information content (AvgIpc) is 2.95. The zero-order valence-electron chi connectivity index (χ0n) is 13.3. The number of carbonyl (C=O) groups excluding carboxylic acids is 3. The van der Waals surface area contributed by atoms with Gasteiger partial charge in [-0.3, -0.25) is 0 Å². The van der Waals surface area contributed by atoms with Gasteiger partial charge in [-0.05, 0) is 12.1 Å². The van der Waals surface area contributed by atoms with Gasteiger partial charge in [-0.15, -0.1) is 11.3 Å². The molecule has 0 aliphatic rings. The smallest absolute Gasteiger partial charge is 0.348 e. The molecule has 1 heterocycles. The summed E-state index contributed by atoms with van der Waals surface area (Å²) in [5, 5.41) is 0.0178. The van der Waals surface area contributed by atoms with Gasteiger partial charge in [-0.2, -0.15) is 0 Å². The van der Waals surface area contributed by atoms with E-state index in [0.29, 0.717) is 0 Å². The van der Waals surface area contributed by atoms with Gasteiger partial charge >= 0.3 is 17.9 Å². The highest BCUT2D eigenvalue weighted by Crippen LogP contribution is 2.33. The molecule has 0 bridgehead atoms. The maximum atomic E-state index is 13.6. The van der Waals surface area contributed by atoms with Crippen LogP contribution in [0.25, 0.3) is 0 Å². The summed E-state index contributed by atoms with van der Waals surface area (Å²) in [6, 6.07) is 5.26. The molecule has 0 radical (unpaired) electrons. The molecule has 0 saturated heterocycles. The Balaban J connectivity index is 2.34. The Bertz CT molecular complexity index is 832. The molecule has 7 nitrogen and oxygen atoms in total. The SMILES string of the molecule is COC(=O)c1sc(N)c(C(=O)OC)c1COC(=O)c1ccccc1F. The summed E-state index contributed by atoms with van der Waals surface area (Å²) < 4.78 is 27.9. The summed E-state index contributed by atoms with van der Waals surface area (Å²) in [4.78, 5) is 35.8. The van der Waals surface area contributed by atoms with Crippen molar-refractivity contribution in [2.24, 2.45) is 0 Å². The van der Waals surface area contributed by atoms with Crippen molar-refractivity contribution in [3.05, 3.63) is 51.7 Å². The van der Waals surface area contributed by atoms with E-state index in [1.54, 1.807) is 0 Å². The second-order valence-corrected chi connectivity index (χ2v) is 5.74. The fourth-order valence-corrected chi connectivity index (χ4v) is 3.03. The van der Waals surface area contributed by atoms with E-state index in [0.717, 1.165) is 31.6 Å². The number of anilines is 1. The van der Waals surface area contributed by atoms with Gasteiger partial charge in [-0.1, -0.05) is 12.1 Å². The first-order valence-electron chi connectivity index (χ1n) is 6.90. The molecule has 132 valence electrons. The lowest BCUT2D eigenvalue weighted by molar-refractivity contribution is 0.0447. The highest BCUT2D eigenvalue weighted by molar-refractivity contribution is 7.18. The van der Waals surface area contributed by atoms with Crippen molar-refractivity contribution < 1.29 is 33.0 Å². The standard InChI is InChI=1S/C16H14FNO6S/c1-22-15(20)11-9(12(16(21)23-2)25-13(11)18)7-24-14(19)8-5-3-4-6-10(8)17/h3-6H,7,18H2,1-2H3. The Hall–Kier alpha value is -2.94. The summed E-state index contributed by atoms with van der Waals surface area (Å²) in [7, 11) is 2.30. The van der Waals surface area contributed by atoms with Crippen LogP contribution in [0, 0.1) is 5.82 Å². The largest absolute Gasteiger partial charge is 0.465 e. The van der Waals surface area contributed by atoms with Crippen LogP contribution in [-0.4, -0.2) is 32.1 Å². The summed E-state index contributed by atoms with van der Waals surface area (Å²) in [6.45, 7) is -0.476. The van der Waals surface area contributed by atoms with E-state index in [2.05, 4.69) is 9.47 Å². The van der Waals surface area contributed by atoms with Gasteiger partial charge in [0.05, 0.1) is 19.8 Å². The number of halogens is 1. The Morgan fingerprint density at radius 2 is 1.72 bits per heavy atom. The number of carbonyl (C=O) groups is 3. The van der Waals surface area contributed by atoms with E-state index in [1.165, 1.54) is 18.2 Å². The first kappa shape index (κ1) is 18.4. The van der Waals surface area contributed by atoms with E-state index >= 15 is 0 Å². The van der Waals surface area contributed by atoms with Gasteiger partial charge in [0, 0.05) is 5.56 Å². The van der Waals surface area contributed by atoms with Crippen LogP contribution in [0.15, 0.2) is 24.3 Å². The lowest BCUT2D eigenvalue weighted by Gasteiger charge is -2.08. The molecule has 25 heavy (non-hydrogen) atoms. The third-order valence-corrected chi connectivity index (χ3v) is 4.28. The van der Waals surface area contributed by atoms with Crippen molar-refractivity contribution in [3.63, 3.8) is 0 Å². The average molecular weight is 367 g/mol. The molecule has 0 unspecified atom stereocenters. The van der Waals surface area contributed by atoms with E-state index in [-0.39, 0.29) is 26.6 Å². The topological polar surface area (TPSA) is 105 Å². The Kier molecular flexibility index (Phi) is 5.71. The van der Waals surface area contributed by atoms with Gasteiger partial charge in [0.2, 0.25) is 0 Å². The molecule has 0 aliphatic heterocycles. The molecule has 0 atom stereocenters. The quantitative estimate of drug-likeness (QED) is 0.639. The van der Waals surface area contributed by atoms with Crippen molar-refractivity contribution in [1.29, 1.82) is 0 Å². The predicted molar refractivity (Wildman–Crippen MR) is 86.9 cm³/mol. The fraction of sp³-hybridized carbons (Fsp3) is 0.188. The number of esters is 3. The van der Waals surface area contributed by atoms with Crippen LogP contribution in [0.5, 0.6) is 0 Å². The van der Waals surface area contributed by atoms with E-state index in [4.69, 9.17) is 10.5 Å². The summed E-state index contributed by atoms with van der Waals surface area (Å²) in [5.41, 5.74) is 5.45. The molecule has 2 rings (SSSR count). The molecule has 0 saturated carbocycles. The lowest BCUT2D eigenvalue weighted by atomic mass is 10.1. The molecule has 1 aromatic heterocycles. The molecule has 9 heteroatoms. The van der Waals surface area contributed by atoms with Crippen LogP contribution in [-0.2, 0) is 20.8 Å². The minimum Gasteiger partial charge on any atom is -0.465 e. The van der Waals surface area contributed by atoms with Crippen LogP contribution < -0.4 is 5.73 Å². The Morgan fingerprint density at radius 1 is 1.08 bits per heavy atom. The summed E-state index contributed by atoms with van der Waals surface area (Å²) in [5.74, 6) is -3.24. The third kappa shape index (κ3) is 3.77. The van der Waals surface area contributed by atoms with Crippen LogP contribution in [0.2, 0.25) is 0 Å². The molecular weight excluding hydrogens is 353 g/mol. The van der Waals surface area contributed by atoms with Gasteiger partial charge in [0.15, 0.2) is 0 Å². The number of methoxy groups -OCH3 is 2. The first-order chi connectivity index (χ1) is 11.9. The lowest BCUT2D eigenvalue weighted by Crippen LogP contribution is -2.13. The molecule has 2 aromatic rings. The minimum absolute atomic E-state index is 0.00161. The van der Waals surface area contributed by atoms with Crippen LogP contribution >= 0.6 is 11.3 Å². The highest BCUT2D eigenvalue weighted by Gasteiger charge is 2.28. The number of benzene rings is 1. The van der Waals surface area contributed by atoms with Gasteiger partial charge in [-0.25, -0.2) is 18.8 Å². The van der Waals surface area contributed by atoms with E-state index in [1.807, 2.05) is 0 Å². The zero-order chi connectivity index (χ0) is 18.6. The molecular formula is C16H14FNO6S. The fourth-order valence-electron chi connectivity index (χ4n) is 2.05. The zero-order valence-corrected chi connectivity index (χ0v) is 14.1. The molecule has 0 fully saturated rings. The van der Waals surface area contributed by atoms with Crippen molar-refractivity contribution in [1.82, 2.24) is 0 Å². The Morgan fingerprint density at radius 3 is 2.32 bits per heavy atom. The first-order valence-corrected chi connectivity index (χ1v) is 7.71. The van der Waals surface area contributed by atoms with Crippen molar-refractivity contribution in [2.75, 3.05) is 20.0 Å². The monoisotopic (exact) mass is 367 g/mol. The predicted octanol–water partition coefficient (Wildman–Crippen LogP) is 2.40. The number of hydrogen-bond donors (Lipinski definition) is 1. The van der Waals surface area contributed by atoms with Crippen molar-refractivity contribution in [2.45, 2.75) is 6.61 Å². The third-order valence-electron chi connectivity index (χ3n) is 3.24. The van der Waals surface area contributed by atoms with E-state index < -0.39 is 30.3 Å². The Labute approximate surface area is 146 Å². The number of nitrogens with two attached hydrogens (primary N) is 1. The maximum Gasteiger partial charge on any atom is 0.348 e. The van der Waals surface area contributed by atoms with Crippen LogP contribution in [0.3, 0.4) is 0 Å². The number of hydrogen-bond acceptors (Lipinski definition) is 8. The minimum atomic E-state index is -0.950.